The van der Waals surface area contributed by atoms with Crippen molar-refractivity contribution < 1.29 is 28.5 Å². The molecule has 0 radical (unpaired) electrons. The Kier molecular flexibility index (Phi) is 6.72. The Morgan fingerprint density at radius 2 is 1.80 bits per heavy atom. The zero-order chi connectivity index (χ0) is 15.0. The summed E-state index contributed by atoms with van der Waals surface area (Å²) in [6, 6.07) is 5.13. The maximum absolute atomic E-state index is 11.1. The molecule has 0 N–H and O–H groups in total. The van der Waals surface area contributed by atoms with E-state index in [2.05, 4.69) is 9.47 Å². The summed E-state index contributed by atoms with van der Waals surface area (Å²) in [5, 5.41) is 0. The third-order valence-electron chi connectivity index (χ3n) is 2.30. The molecule has 1 rings (SSSR count). The van der Waals surface area contributed by atoms with E-state index in [0.717, 1.165) is 0 Å². The minimum atomic E-state index is -0.489. The zero-order valence-corrected chi connectivity index (χ0v) is 12.3. The number of hydrogen-bond acceptors (Lipinski definition) is 7. The molecular weight excluding hydrogens is 284 g/mol. The molecule has 1 aromatic carbocycles. The second kappa shape index (κ2) is 8.31. The molecule has 0 aliphatic rings. The molecule has 0 bridgehead atoms. The highest BCUT2D eigenvalue weighted by atomic mass is 32.2. The highest BCUT2D eigenvalue weighted by Gasteiger charge is 2.11. The number of esters is 2. The van der Waals surface area contributed by atoms with Gasteiger partial charge < -0.3 is 18.9 Å². The Labute approximate surface area is 121 Å². The molecule has 7 heteroatoms. The highest BCUT2D eigenvalue weighted by Crippen LogP contribution is 2.33. The molecule has 1 aromatic rings. The van der Waals surface area contributed by atoms with Crippen LogP contribution in [0.25, 0.3) is 0 Å². The number of ether oxygens (including phenoxy) is 4. The van der Waals surface area contributed by atoms with Crippen LogP contribution in [-0.4, -0.2) is 45.6 Å². The lowest BCUT2D eigenvalue weighted by Crippen LogP contribution is -2.13. The number of benzene rings is 1. The molecule has 20 heavy (non-hydrogen) atoms. The summed E-state index contributed by atoms with van der Waals surface area (Å²) in [6.07, 6.45) is 0. The molecule has 0 saturated carbocycles. The molecular formula is C13H16O6S. The van der Waals surface area contributed by atoms with Crippen LogP contribution in [0.15, 0.2) is 23.1 Å². The van der Waals surface area contributed by atoms with Crippen LogP contribution in [0.2, 0.25) is 0 Å². The van der Waals surface area contributed by atoms with Crippen LogP contribution in [0.4, 0.5) is 0 Å². The molecule has 0 spiro atoms. The standard InChI is InChI=1S/C13H16O6S/c1-16-9-4-5-11(20-8-13(15)18-3)10(6-9)19-7-12(14)17-2/h4-6H,7-8H2,1-3H3. The number of methoxy groups -OCH3 is 3. The van der Waals surface area contributed by atoms with Crippen molar-refractivity contribution in [2.75, 3.05) is 33.7 Å². The minimum absolute atomic E-state index is 0.150. The molecule has 6 nitrogen and oxygen atoms in total. The molecule has 0 heterocycles. The smallest absolute Gasteiger partial charge is 0.343 e. The second-order valence-electron chi connectivity index (χ2n) is 3.54. The van der Waals surface area contributed by atoms with Gasteiger partial charge in [0.05, 0.1) is 32.0 Å². The fourth-order valence-corrected chi connectivity index (χ4v) is 2.05. The predicted octanol–water partition coefficient (Wildman–Crippen LogP) is 1.51. The van der Waals surface area contributed by atoms with E-state index in [1.807, 2.05) is 0 Å². The maximum Gasteiger partial charge on any atom is 0.343 e. The van der Waals surface area contributed by atoms with Gasteiger partial charge in [-0.2, -0.15) is 0 Å². The summed E-state index contributed by atoms with van der Waals surface area (Å²) in [7, 11) is 4.14. The summed E-state index contributed by atoms with van der Waals surface area (Å²) in [5.41, 5.74) is 0. The summed E-state index contributed by atoms with van der Waals surface area (Å²) >= 11 is 1.25. The van der Waals surface area contributed by atoms with Crippen molar-refractivity contribution in [3.8, 4) is 11.5 Å². The van der Waals surface area contributed by atoms with Gasteiger partial charge in [0.1, 0.15) is 11.5 Å². The number of thioether (sulfide) groups is 1. The Morgan fingerprint density at radius 1 is 1.10 bits per heavy atom. The van der Waals surface area contributed by atoms with E-state index in [4.69, 9.17) is 9.47 Å². The number of carbonyl (C=O) groups is 2. The second-order valence-corrected chi connectivity index (χ2v) is 4.56. The van der Waals surface area contributed by atoms with Crippen LogP contribution >= 0.6 is 11.8 Å². The van der Waals surface area contributed by atoms with E-state index in [-0.39, 0.29) is 18.3 Å². The average Bonchev–Trinajstić information content (AvgIpc) is 2.50. The minimum Gasteiger partial charge on any atom is -0.497 e. The van der Waals surface area contributed by atoms with E-state index in [0.29, 0.717) is 16.4 Å². The van der Waals surface area contributed by atoms with Crippen LogP contribution in [0.3, 0.4) is 0 Å². The van der Waals surface area contributed by atoms with E-state index < -0.39 is 5.97 Å². The topological polar surface area (TPSA) is 71.1 Å². The summed E-state index contributed by atoms with van der Waals surface area (Å²) < 4.78 is 19.5. The van der Waals surface area contributed by atoms with Crippen LogP contribution in [0.5, 0.6) is 11.5 Å². The van der Waals surface area contributed by atoms with Crippen LogP contribution in [0, 0.1) is 0 Å². The first kappa shape index (κ1) is 16.2. The number of hydrogen-bond donors (Lipinski definition) is 0. The zero-order valence-electron chi connectivity index (χ0n) is 11.5. The summed E-state index contributed by atoms with van der Waals surface area (Å²) in [5.74, 6) is 0.356. The van der Waals surface area contributed by atoms with Crippen LogP contribution in [0.1, 0.15) is 0 Å². The lowest BCUT2D eigenvalue weighted by Gasteiger charge is -2.11. The fraction of sp³-hybridized carbons (Fsp3) is 0.385. The third-order valence-corrected chi connectivity index (χ3v) is 3.33. The molecule has 0 atom stereocenters. The normalized spacial score (nSPS) is 9.75. The van der Waals surface area contributed by atoms with Gasteiger partial charge in [-0.1, -0.05) is 0 Å². The highest BCUT2D eigenvalue weighted by molar-refractivity contribution is 8.00. The number of rotatable bonds is 7. The van der Waals surface area contributed by atoms with E-state index >= 15 is 0 Å². The van der Waals surface area contributed by atoms with Gasteiger partial charge in [-0.25, -0.2) is 4.79 Å². The predicted molar refractivity (Wildman–Crippen MR) is 73.2 cm³/mol. The number of carbonyl (C=O) groups excluding carboxylic acids is 2. The van der Waals surface area contributed by atoms with Crippen molar-refractivity contribution in [1.82, 2.24) is 0 Å². The average molecular weight is 300 g/mol. The molecule has 0 aliphatic heterocycles. The monoisotopic (exact) mass is 300 g/mol. The summed E-state index contributed by atoms with van der Waals surface area (Å²) in [6.45, 7) is -0.213. The van der Waals surface area contributed by atoms with Crippen molar-refractivity contribution in [1.29, 1.82) is 0 Å². The van der Waals surface area contributed by atoms with Crippen molar-refractivity contribution in [2.24, 2.45) is 0 Å². The maximum atomic E-state index is 11.1. The SMILES string of the molecule is COC(=O)COc1cc(OC)ccc1SCC(=O)OC. The Hall–Kier alpha value is -1.89. The Balaban J connectivity index is 2.80. The Morgan fingerprint density at radius 3 is 2.40 bits per heavy atom. The molecule has 0 saturated heterocycles. The molecule has 0 fully saturated rings. The molecule has 0 aromatic heterocycles. The van der Waals surface area contributed by atoms with Crippen molar-refractivity contribution in [3.63, 3.8) is 0 Å². The van der Waals surface area contributed by atoms with Gasteiger partial charge in [-0.3, -0.25) is 4.79 Å². The van der Waals surface area contributed by atoms with E-state index in [9.17, 15) is 9.59 Å². The van der Waals surface area contributed by atoms with Gasteiger partial charge >= 0.3 is 11.9 Å². The molecule has 110 valence electrons. The van der Waals surface area contributed by atoms with E-state index in [1.54, 1.807) is 18.2 Å². The first-order valence-electron chi connectivity index (χ1n) is 5.68. The lowest BCUT2D eigenvalue weighted by atomic mass is 10.3. The lowest BCUT2D eigenvalue weighted by molar-refractivity contribution is -0.143. The van der Waals surface area contributed by atoms with Gasteiger partial charge in [0, 0.05) is 6.07 Å². The third kappa shape index (κ3) is 5.00. The van der Waals surface area contributed by atoms with Crippen LogP contribution < -0.4 is 9.47 Å². The first-order chi connectivity index (χ1) is 9.60. The molecule has 0 aliphatic carbocycles. The van der Waals surface area contributed by atoms with Gasteiger partial charge in [-0.15, -0.1) is 11.8 Å². The van der Waals surface area contributed by atoms with Gasteiger partial charge in [0.2, 0.25) is 0 Å². The fourth-order valence-electron chi connectivity index (χ4n) is 1.24. The van der Waals surface area contributed by atoms with Gasteiger partial charge in [0.15, 0.2) is 6.61 Å². The molecule has 0 unspecified atom stereocenters. The summed E-state index contributed by atoms with van der Waals surface area (Å²) in [4.78, 5) is 23.0. The first-order valence-corrected chi connectivity index (χ1v) is 6.66. The Bertz CT molecular complexity index is 474. The van der Waals surface area contributed by atoms with Gasteiger partial charge in [0.25, 0.3) is 0 Å². The van der Waals surface area contributed by atoms with Crippen molar-refractivity contribution >= 4 is 23.7 Å². The molecule has 0 amide bonds. The van der Waals surface area contributed by atoms with Crippen molar-refractivity contribution in [2.45, 2.75) is 4.90 Å². The van der Waals surface area contributed by atoms with Crippen LogP contribution in [-0.2, 0) is 19.1 Å². The largest absolute Gasteiger partial charge is 0.497 e. The quantitative estimate of drug-likeness (QED) is 0.558. The van der Waals surface area contributed by atoms with Crippen molar-refractivity contribution in [3.05, 3.63) is 18.2 Å². The van der Waals surface area contributed by atoms with E-state index in [1.165, 1.54) is 33.1 Å². The van der Waals surface area contributed by atoms with Gasteiger partial charge in [-0.05, 0) is 12.1 Å².